The molecule has 3 N–H and O–H groups in total. The van der Waals surface area contributed by atoms with Gasteiger partial charge < -0.3 is 15.6 Å². The van der Waals surface area contributed by atoms with E-state index in [2.05, 4.69) is 15.0 Å². The molecule has 2 heterocycles. The van der Waals surface area contributed by atoms with Crippen molar-refractivity contribution in [1.29, 1.82) is 0 Å². The zero-order valence-corrected chi connectivity index (χ0v) is 11.3. The largest absolute Gasteiger partial charge is 1.00 e. The van der Waals surface area contributed by atoms with Gasteiger partial charge in [-0.15, -0.1) is 6.61 Å². The van der Waals surface area contributed by atoms with Crippen LogP contribution in [-0.4, -0.2) is 32.7 Å². The van der Waals surface area contributed by atoms with Crippen LogP contribution in [0.4, 0.5) is 5.95 Å². The van der Waals surface area contributed by atoms with Crippen LogP contribution in [0.15, 0.2) is 11.1 Å². The summed E-state index contributed by atoms with van der Waals surface area (Å²) in [7, 11) is 0. The molecule has 9 heteroatoms. The number of imidazole rings is 1. The third-order valence-corrected chi connectivity index (χ3v) is 1.95. The molecule has 0 radical (unpaired) electrons. The van der Waals surface area contributed by atoms with Gasteiger partial charge in [0.05, 0.1) is 6.33 Å². The SMILES string of the molecule is Nc1nc2c(ncn2COCC[O-])c(=O)[nH]1.[Na+]. The molecule has 0 atom stereocenters. The van der Waals surface area contributed by atoms with Crippen LogP contribution in [0.25, 0.3) is 11.2 Å². The molecular weight excluding hydrogens is 237 g/mol. The van der Waals surface area contributed by atoms with Gasteiger partial charge in [0.25, 0.3) is 5.56 Å². The number of rotatable bonds is 4. The van der Waals surface area contributed by atoms with Gasteiger partial charge >= 0.3 is 29.6 Å². The Morgan fingerprint density at radius 1 is 1.59 bits per heavy atom. The summed E-state index contributed by atoms with van der Waals surface area (Å²) in [6.45, 7) is -0.101. The molecule has 0 spiro atoms. The Labute approximate surface area is 118 Å². The summed E-state index contributed by atoms with van der Waals surface area (Å²) in [6.07, 6.45) is 1.41. The predicted molar refractivity (Wildman–Crippen MR) is 53.4 cm³/mol. The summed E-state index contributed by atoms with van der Waals surface area (Å²) in [5.74, 6) is 0.0167. The maximum atomic E-state index is 11.4. The Morgan fingerprint density at radius 3 is 3.06 bits per heavy atom. The van der Waals surface area contributed by atoms with E-state index >= 15 is 0 Å². The van der Waals surface area contributed by atoms with Gasteiger partial charge in [-0.2, -0.15) is 4.98 Å². The van der Waals surface area contributed by atoms with Crippen molar-refractivity contribution in [2.24, 2.45) is 0 Å². The van der Waals surface area contributed by atoms with E-state index in [1.54, 1.807) is 0 Å². The molecule has 2 rings (SSSR count). The van der Waals surface area contributed by atoms with Gasteiger partial charge in [-0.05, 0) is 0 Å². The maximum absolute atomic E-state index is 11.4. The van der Waals surface area contributed by atoms with Gasteiger partial charge in [0.1, 0.15) is 6.73 Å². The van der Waals surface area contributed by atoms with Crippen molar-refractivity contribution in [2.45, 2.75) is 6.73 Å². The monoisotopic (exact) mass is 247 g/mol. The second kappa shape index (κ2) is 6.12. The van der Waals surface area contributed by atoms with Gasteiger partial charge in [-0.3, -0.25) is 14.3 Å². The Balaban J connectivity index is 0.00000144. The Morgan fingerprint density at radius 2 is 2.35 bits per heavy atom. The van der Waals surface area contributed by atoms with E-state index in [0.29, 0.717) is 5.65 Å². The number of nitrogens with one attached hydrogen (secondary N) is 1. The second-order valence-electron chi connectivity index (χ2n) is 3.08. The number of hydrogen-bond acceptors (Lipinski definition) is 6. The molecule has 2 aromatic heterocycles. The molecular formula is C8H10N5NaO3. The summed E-state index contributed by atoms with van der Waals surface area (Å²) in [5, 5.41) is 10.2. The van der Waals surface area contributed by atoms with E-state index in [-0.39, 0.29) is 61.0 Å². The van der Waals surface area contributed by atoms with Crippen LogP contribution in [0.2, 0.25) is 0 Å². The van der Waals surface area contributed by atoms with Crippen LogP contribution >= 0.6 is 0 Å². The number of nitrogen functional groups attached to an aromatic ring is 1. The van der Waals surface area contributed by atoms with Crippen LogP contribution in [-0.2, 0) is 11.5 Å². The third-order valence-electron chi connectivity index (χ3n) is 1.95. The van der Waals surface area contributed by atoms with Crippen LogP contribution in [0.5, 0.6) is 0 Å². The maximum Gasteiger partial charge on any atom is 1.00 e. The minimum absolute atomic E-state index is 0. The van der Waals surface area contributed by atoms with Gasteiger partial charge in [-0.1, -0.05) is 0 Å². The van der Waals surface area contributed by atoms with Gasteiger partial charge in [0.15, 0.2) is 11.2 Å². The minimum atomic E-state index is -0.398. The number of aromatic nitrogens is 4. The molecule has 0 aliphatic rings. The molecule has 0 aliphatic heterocycles. The normalized spacial score (nSPS) is 10.4. The third kappa shape index (κ3) is 3.05. The Bertz CT molecular complexity index is 552. The van der Waals surface area contributed by atoms with E-state index in [1.165, 1.54) is 10.9 Å². The number of hydrogen-bond donors (Lipinski definition) is 2. The van der Waals surface area contributed by atoms with Crippen LogP contribution in [0.3, 0.4) is 0 Å². The predicted octanol–water partition coefficient (Wildman–Crippen LogP) is -4.96. The minimum Gasteiger partial charge on any atom is -0.853 e. The molecule has 0 aromatic carbocycles. The zero-order valence-electron chi connectivity index (χ0n) is 9.34. The standard InChI is InChI=1S/C8H10N5O3.Na/c9-8-11-6-5(7(15)12-8)10-3-13(6)4-16-2-1-14;/h3H,1-2,4H2,(H3,9,11,12,15);/q-1;+1. The number of nitrogens with zero attached hydrogens (tertiary/aromatic N) is 3. The second-order valence-corrected chi connectivity index (χ2v) is 3.08. The van der Waals surface area contributed by atoms with Gasteiger partial charge in [-0.25, -0.2) is 4.98 Å². The molecule has 86 valence electrons. The fraction of sp³-hybridized carbons (Fsp3) is 0.375. The van der Waals surface area contributed by atoms with Crippen LogP contribution in [0, 0.1) is 0 Å². The number of aromatic amines is 1. The van der Waals surface area contributed by atoms with Crippen molar-refractivity contribution in [2.75, 3.05) is 18.9 Å². The van der Waals surface area contributed by atoms with Crippen molar-refractivity contribution >= 4 is 17.1 Å². The molecule has 0 saturated carbocycles. The summed E-state index contributed by atoms with van der Waals surface area (Å²) < 4.78 is 6.54. The first-order valence-electron chi connectivity index (χ1n) is 4.59. The van der Waals surface area contributed by atoms with Gasteiger partial charge in [0.2, 0.25) is 5.95 Å². The molecule has 0 unspecified atom stereocenters. The first-order chi connectivity index (χ1) is 7.72. The zero-order chi connectivity index (χ0) is 11.5. The number of anilines is 1. The molecule has 0 amide bonds. The van der Waals surface area contributed by atoms with E-state index in [9.17, 15) is 9.90 Å². The smallest absolute Gasteiger partial charge is 0.853 e. The topological polar surface area (TPSA) is 122 Å². The molecule has 0 bridgehead atoms. The summed E-state index contributed by atoms with van der Waals surface area (Å²) in [4.78, 5) is 21.6. The number of fused-ring (bicyclic) bond motifs is 1. The number of H-pyrrole nitrogens is 1. The van der Waals surface area contributed by atoms with Crippen molar-refractivity contribution < 1.29 is 39.4 Å². The van der Waals surface area contributed by atoms with Crippen molar-refractivity contribution in [1.82, 2.24) is 19.5 Å². The molecule has 0 aliphatic carbocycles. The first-order valence-corrected chi connectivity index (χ1v) is 4.59. The molecule has 17 heavy (non-hydrogen) atoms. The first kappa shape index (κ1) is 14.1. The quantitative estimate of drug-likeness (QED) is 0.412. The fourth-order valence-electron chi connectivity index (χ4n) is 1.29. The van der Waals surface area contributed by atoms with Crippen molar-refractivity contribution in [3.8, 4) is 0 Å². The molecule has 2 aromatic rings. The number of ether oxygens (including phenoxy) is 1. The van der Waals surface area contributed by atoms with Crippen LogP contribution in [0.1, 0.15) is 0 Å². The van der Waals surface area contributed by atoms with E-state index in [1.807, 2.05) is 0 Å². The van der Waals surface area contributed by atoms with Crippen LogP contribution < -0.4 is 46.0 Å². The summed E-state index contributed by atoms with van der Waals surface area (Å²) in [6, 6.07) is 0. The average Bonchev–Trinajstić information content (AvgIpc) is 2.62. The Kier molecular flexibility index (Phi) is 5.09. The fourth-order valence-corrected chi connectivity index (χ4v) is 1.29. The van der Waals surface area contributed by atoms with Gasteiger partial charge in [0, 0.05) is 6.61 Å². The average molecular weight is 247 g/mol. The molecule has 8 nitrogen and oxygen atoms in total. The van der Waals surface area contributed by atoms with E-state index in [4.69, 9.17) is 10.5 Å². The summed E-state index contributed by atoms with van der Waals surface area (Å²) >= 11 is 0. The summed E-state index contributed by atoms with van der Waals surface area (Å²) in [5.41, 5.74) is 5.55. The van der Waals surface area contributed by atoms with E-state index < -0.39 is 5.56 Å². The van der Waals surface area contributed by atoms with E-state index in [0.717, 1.165) is 0 Å². The molecule has 0 saturated heterocycles. The molecule has 0 fully saturated rings. The van der Waals surface area contributed by atoms with Crippen molar-refractivity contribution in [3.05, 3.63) is 16.7 Å². The Hall–Kier alpha value is -0.930. The number of nitrogens with two attached hydrogens (primary N) is 1. The van der Waals surface area contributed by atoms with Crippen molar-refractivity contribution in [3.63, 3.8) is 0 Å².